The van der Waals surface area contributed by atoms with Gasteiger partial charge in [-0.1, -0.05) is 0 Å². The molecule has 8 heteroatoms. The lowest BCUT2D eigenvalue weighted by molar-refractivity contribution is -0.137. The van der Waals surface area contributed by atoms with Crippen molar-refractivity contribution in [2.75, 3.05) is 11.9 Å². The molecule has 7 nitrogen and oxygen atoms in total. The Kier molecular flexibility index (Phi) is 5.63. The number of carbonyl (C=O) groups is 3. The third kappa shape index (κ3) is 4.61. The Balaban J connectivity index is 2.81. The molecule has 0 unspecified atom stereocenters. The summed E-state index contributed by atoms with van der Waals surface area (Å²) in [5, 5.41) is 13.1. The summed E-state index contributed by atoms with van der Waals surface area (Å²) >= 11 is 1.15. The molecule has 0 aliphatic carbocycles. The summed E-state index contributed by atoms with van der Waals surface area (Å²) in [6.07, 6.45) is -0.118. The molecule has 0 spiro atoms. The molecule has 0 aliphatic heterocycles. The van der Waals surface area contributed by atoms with Crippen molar-refractivity contribution in [1.29, 1.82) is 0 Å². The van der Waals surface area contributed by atoms with E-state index < -0.39 is 5.97 Å². The first-order chi connectivity index (χ1) is 9.31. The van der Waals surface area contributed by atoms with Gasteiger partial charge >= 0.3 is 5.97 Å². The number of carboxylic acid groups (broad SMARTS) is 1. The van der Waals surface area contributed by atoms with Crippen molar-refractivity contribution in [2.24, 2.45) is 0 Å². The Labute approximate surface area is 120 Å². The zero-order valence-electron chi connectivity index (χ0n) is 11.5. The van der Waals surface area contributed by atoms with E-state index in [0.29, 0.717) is 5.13 Å². The van der Waals surface area contributed by atoms with Crippen LogP contribution in [0, 0.1) is 0 Å². The first kappa shape index (κ1) is 16.1. The predicted octanol–water partition coefficient (Wildman–Crippen LogP) is 1.43. The van der Waals surface area contributed by atoms with Crippen molar-refractivity contribution in [1.82, 2.24) is 9.88 Å². The molecular formula is C12H17N3O4S. The van der Waals surface area contributed by atoms with E-state index in [4.69, 9.17) is 5.11 Å². The van der Waals surface area contributed by atoms with Gasteiger partial charge in [-0.2, -0.15) is 0 Å². The molecule has 0 bridgehead atoms. The number of hydrogen-bond acceptors (Lipinski definition) is 5. The van der Waals surface area contributed by atoms with Crippen LogP contribution in [-0.4, -0.2) is 45.4 Å². The summed E-state index contributed by atoms with van der Waals surface area (Å²) in [6, 6.07) is -0.132. The van der Waals surface area contributed by atoms with E-state index in [1.165, 1.54) is 11.8 Å². The number of hydrogen-bond donors (Lipinski definition) is 2. The maximum atomic E-state index is 12.3. The monoisotopic (exact) mass is 299 g/mol. The summed E-state index contributed by atoms with van der Waals surface area (Å²) < 4.78 is 0. The van der Waals surface area contributed by atoms with Crippen molar-refractivity contribution in [3.8, 4) is 0 Å². The fraction of sp³-hybridized carbons (Fsp3) is 0.500. The SMILES string of the molecule is CC(=O)Nc1nc(C(=O)N(CCC(=O)O)C(C)C)cs1. The van der Waals surface area contributed by atoms with Gasteiger partial charge in [-0.3, -0.25) is 14.4 Å². The van der Waals surface area contributed by atoms with Gasteiger partial charge in [0.15, 0.2) is 5.13 Å². The summed E-state index contributed by atoms with van der Waals surface area (Å²) in [5.74, 6) is -1.56. The van der Waals surface area contributed by atoms with Gasteiger partial charge in [-0.05, 0) is 13.8 Å². The van der Waals surface area contributed by atoms with Gasteiger partial charge in [0.2, 0.25) is 5.91 Å². The Morgan fingerprint density at radius 2 is 2.10 bits per heavy atom. The minimum Gasteiger partial charge on any atom is -0.481 e. The summed E-state index contributed by atoms with van der Waals surface area (Å²) in [5.41, 5.74) is 0.206. The van der Waals surface area contributed by atoms with E-state index in [2.05, 4.69) is 10.3 Å². The van der Waals surface area contributed by atoms with Crippen LogP contribution in [-0.2, 0) is 9.59 Å². The van der Waals surface area contributed by atoms with Gasteiger partial charge in [-0.15, -0.1) is 11.3 Å². The van der Waals surface area contributed by atoms with Gasteiger partial charge in [0, 0.05) is 24.9 Å². The number of carboxylic acids is 1. The number of carbonyl (C=O) groups excluding carboxylic acids is 2. The molecule has 0 fully saturated rings. The Hall–Kier alpha value is -1.96. The molecule has 1 rings (SSSR count). The van der Waals surface area contributed by atoms with Gasteiger partial charge in [0.1, 0.15) is 5.69 Å². The largest absolute Gasteiger partial charge is 0.481 e. The second kappa shape index (κ2) is 6.99. The fourth-order valence-corrected chi connectivity index (χ4v) is 2.27. The van der Waals surface area contributed by atoms with E-state index in [1.807, 2.05) is 0 Å². The minimum atomic E-state index is -0.958. The summed E-state index contributed by atoms with van der Waals surface area (Å²) in [7, 11) is 0. The highest BCUT2D eigenvalue weighted by molar-refractivity contribution is 7.14. The lowest BCUT2D eigenvalue weighted by Gasteiger charge is -2.25. The summed E-state index contributed by atoms with van der Waals surface area (Å²) in [4.78, 5) is 39.3. The smallest absolute Gasteiger partial charge is 0.305 e. The lowest BCUT2D eigenvalue weighted by atomic mass is 10.2. The van der Waals surface area contributed by atoms with Gasteiger partial charge in [0.05, 0.1) is 6.42 Å². The topological polar surface area (TPSA) is 99.6 Å². The second-order valence-electron chi connectivity index (χ2n) is 4.46. The van der Waals surface area contributed by atoms with Crippen LogP contribution >= 0.6 is 11.3 Å². The zero-order valence-corrected chi connectivity index (χ0v) is 12.4. The average Bonchev–Trinajstić information content (AvgIpc) is 2.75. The van der Waals surface area contributed by atoms with Crippen LogP contribution in [0.3, 0.4) is 0 Å². The third-order valence-corrected chi connectivity index (χ3v) is 3.21. The highest BCUT2D eigenvalue weighted by Gasteiger charge is 2.22. The number of anilines is 1. The molecule has 0 radical (unpaired) electrons. The molecule has 0 saturated heterocycles. The van der Waals surface area contributed by atoms with Crippen LogP contribution in [0.15, 0.2) is 5.38 Å². The van der Waals surface area contributed by atoms with E-state index in [0.717, 1.165) is 11.3 Å². The van der Waals surface area contributed by atoms with Gasteiger partial charge < -0.3 is 15.3 Å². The molecule has 20 heavy (non-hydrogen) atoms. The van der Waals surface area contributed by atoms with Gasteiger partial charge in [0.25, 0.3) is 5.91 Å². The van der Waals surface area contributed by atoms with E-state index in [-0.39, 0.29) is 36.5 Å². The Morgan fingerprint density at radius 3 is 2.60 bits per heavy atom. The van der Waals surface area contributed by atoms with E-state index in [9.17, 15) is 14.4 Å². The summed E-state index contributed by atoms with van der Waals surface area (Å²) in [6.45, 7) is 5.09. The maximum absolute atomic E-state index is 12.3. The normalized spacial score (nSPS) is 10.4. The highest BCUT2D eigenvalue weighted by Crippen LogP contribution is 2.17. The molecule has 1 heterocycles. The van der Waals surface area contributed by atoms with Crippen molar-refractivity contribution >= 4 is 34.3 Å². The average molecular weight is 299 g/mol. The van der Waals surface area contributed by atoms with Crippen molar-refractivity contribution in [3.63, 3.8) is 0 Å². The molecule has 0 atom stereocenters. The Bertz CT molecular complexity index is 513. The molecule has 110 valence electrons. The Morgan fingerprint density at radius 1 is 1.45 bits per heavy atom. The molecule has 1 aromatic heterocycles. The highest BCUT2D eigenvalue weighted by atomic mass is 32.1. The molecular weight excluding hydrogens is 282 g/mol. The molecule has 1 aromatic rings. The predicted molar refractivity (Wildman–Crippen MR) is 74.8 cm³/mol. The number of amides is 2. The molecule has 0 aromatic carbocycles. The van der Waals surface area contributed by atoms with Crippen LogP contribution in [0.4, 0.5) is 5.13 Å². The quantitative estimate of drug-likeness (QED) is 0.827. The first-order valence-electron chi connectivity index (χ1n) is 6.07. The number of aliphatic carboxylic acids is 1. The number of rotatable bonds is 6. The van der Waals surface area contributed by atoms with E-state index in [1.54, 1.807) is 19.2 Å². The lowest BCUT2D eigenvalue weighted by Crippen LogP contribution is -2.38. The minimum absolute atomic E-state index is 0.118. The van der Waals surface area contributed by atoms with Crippen LogP contribution in [0.1, 0.15) is 37.7 Å². The maximum Gasteiger partial charge on any atom is 0.305 e. The number of thiazole rings is 1. The first-order valence-corrected chi connectivity index (χ1v) is 6.95. The number of nitrogens with one attached hydrogen (secondary N) is 1. The van der Waals surface area contributed by atoms with Crippen molar-refractivity contribution in [3.05, 3.63) is 11.1 Å². The fourth-order valence-electron chi connectivity index (χ4n) is 1.54. The second-order valence-corrected chi connectivity index (χ2v) is 5.31. The molecule has 0 aliphatic rings. The number of nitrogens with zero attached hydrogens (tertiary/aromatic N) is 2. The molecule has 0 saturated carbocycles. The van der Waals surface area contributed by atoms with Crippen LogP contribution in [0.2, 0.25) is 0 Å². The van der Waals surface area contributed by atoms with E-state index >= 15 is 0 Å². The van der Waals surface area contributed by atoms with Crippen molar-refractivity contribution < 1.29 is 19.5 Å². The third-order valence-electron chi connectivity index (χ3n) is 2.46. The molecule has 2 N–H and O–H groups in total. The standard InChI is InChI=1S/C12H17N3O4S/c1-7(2)15(5-4-10(17)18)11(19)9-6-20-12(14-9)13-8(3)16/h6-7H,4-5H2,1-3H3,(H,17,18)(H,13,14,16). The number of aromatic nitrogens is 1. The van der Waals surface area contributed by atoms with Crippen molar-refractivity contribution in [2.45, 2.75) is 33.2 Å². The zero-order chi connectivity index (χ0) is 15.3. The molecule has 2 amide bonds. The van der Waals surface area contributed by atoms with Crippen LogP contribution in [0.25, 0.3) is 0 Å². The van der Waals surface area contributed by atoms with Gasteiger partial charge in [-0.25, -0.2) is 4.98 Å². The van der Waals surface area contributed by atoms with Crippen LogP contribution < -0.4 is 5.32 Å². The van der Waals surface area contributed by atoms with Crippen LogP contribution in [0.5, 0.6) is 0 Å².